The zero-order valence-corrected chi connectivity index (χ0v) is 13.2. The molecule has 0 atom stereocenters. The molecule has 0 bridgehead atoms. The molecule has 0 unspecified atom stereocenters. The van der Waals surface area contributed by atoms with Crippen molar-refractivity contribution in [2.75, 3.05) is 7.05 Å². The van der Waals surface area contributed by atoms with Gasteiger partial charge < -0.3 is 4.90 Å². The molecule has 0 aliphatic carbocycles. The third-order valence-corrected chi connectivity index (χ3v) is 3.88. The van der Waals surface area contributed by atoms with Crippen LogP contribution in [-0.2, 0) is 6.54 Å². The van der Waals surface area contributed by atoms with E-state index in [4.69, 9.17) is 0 Å². The van der Waals surface area contributed by atoms with Crippen LogP contribution in [0.25, 0.3) is 0 Å². The predicted molar refractivity (Wildman–Crippen MR) is 83.0 cm³/mol. The van der Waals surface area contributed by atoms with E-state index in [2.05, 4.69) is 15.9 Å². The van der Waals surface area contributed by atoms with Gasteiger partial charge in [-0.25, -0.2) is 4.39 Å². The van der Waals surface area contributed by atoms with E-state index < -0.39 is 16.6 Å². The Bertz CT molecular complexity index is 736. The zero-order valence-electron chi connectivity index (χ0n) is 11.6. The topological polar surface area (TPSA) is 63.5 Å². The second-order valence-corrected chi connectivity index (χ2v) is 5.53. The van der Waals surface area contributed by atoms with Gasteiger partial charge in [0.15, 0.2) is 0 Å². The number of nitro benzene ring substituents is 1. The Morgan fingerprint density at radius 2 is 2.00 bits per heavy atom. The first-order valence-corrected chi connectivity index (χ1v) is 7.12. The van der Waals surface area contributed by atoms with Crippen LogP contribution in [0.1, 0.15) is 15.9 Å². The highest BCUT2D eigenvalue weighted by Crippen LogP contribution is 2.21. The van der Waals surface area contributed by atoms with E-state index in [0.717, 1.165) is 28.2 Å². The third kappa shape index (κ3) is 3.48. The van der Waals surface area contributed by atoms with Crippen LogP contribution in [0.15, 0.2) is 46.9 Å². The highest BCUT2D eigenvalue weighted by atomic mass is 79.9. The standard InChI is InChI=1S/C15H12BrFN2O3/c1-18(9-10-4-2-3-5-13(10)16)15(20)12-7-6-11(19(21)22)8-14(12)17/h2-8H,9H2,1H3. The van der Waals surface area contributed by atoms with Crippen LogP contribution in [0.3, 0.4) is 0 Å². The van der Waals surface area contributed by atoms with Gasteiger partial charge in [0.25, 0.3) is 11.6 Å². The highest BCUT2D eigenvalue weighted by Gasteiger charge is 2.19. The van der Waals surface area contributed by atoms with Crippen molar-refractivity contribution in [2.24, 2.45) is 0 Å². The minimum atomic E-state index is -0.904. The van der Waals surface area contributed by atoms with Crippen molar-refractivity contribution in [1.82, 2.24) is 4.90 Å². The minimum absolute atomic E-state index is 0.194. The van der Waals surface area contributed by atoms with Crippen LogP contribution in [0, 0.1) is 15.9 Å². The third-order valence-electron chi connectivity index (χ3n) is 3.11. The molecule has 2 aromatic carbocycles. The molecule has 0 spiro atoms. The Hall–Kier alpha value is -2.28. The molecule has 1 amide bonds. The van der Waals surface area contributed by atoms with Gasteiger partial charge in [-0.3, -0.25) is 14.9 Å². The predicted octanol–water partition coefficient (Wildman–Crippen LogP) is 3.77. The van der Waals surface area contributed by atoms with Crippen molar-refractivity contribution in [3.8, 4) is 0 Å². The minimum Gasteiger partial charge on any atom is -0.337 e. The second kappa shape index (κ2) is 6.65. The van der Waals surface area contributed by atoms with Crippen molar-refractivity contribution < 1.29 is 14.1 Å². The van der Waals surface area contributed by atoms with E-state index in [1.54, 1.807) is 7.05 Å². The smallest absolute Gasteiger partial charge is 0.272 e. The molecule has 0 aromatic heterocycles. The van der Waals surface area contributed by atoms with Gasteiger partial charge >= 0.3 is 0 Å². The van der Waals surface area contributed by atoms with Gasteiger partial charge in [-0.15, -0.1) is 0 Å². The largest absolute Gasteiger partial charge is 0.337 e. The molecular formula is C15H12BrFN2O3. The molecule has 2 aromatic rings. The van der Waals surface area contributed by atoms with Crippen LogP contribution < -0.4 is 0 Å². The van der Waals surface area contributed by atoms with E-state index in [9.17, 15) is 19.3 Å². The van der Waals surface area contributed by atoms with Crippen LogP contribution in [0.2, 0.25) is 0 Å². The lowest BCUT2D eigenvalue weighted by molar-refractivity contribution is -0.385. The van der Waals surface area contributed by atoms with Gasteiger partial charge in [-0.1, -0.05) is 34.1 Å². The van der Waals surface area contributed by atoms with Crippen LogP contribution in [0.5, 0.6) is 0 Å². The summed E-state index contributed by atoms with van der Waals surface area (Å²) in [5.41, 5.74) is 0.295. The molecule has 114 valence electrons. The van der Waals surface area contributed by atoms with Crippen molar-refractivity contribution in [2.45, 2.75) is 6.54 Å². The number of rotatable bonds is 4. The summed E-state index contributed by atoms with van der Waals surface area (Å²) < 4.78 is 14.7. The average molecular weight is 367 g/mol. The van der Waals surface area contributed by atoms with Gasteiger partial charge in [0.2, 0.25) is 0 Å². The highest BCUT2D eigenvalue weighted by molar-refractivity contribution is 9.10. The molecule has 0 N–H and O–H groups in total. The summed E-state index contributed by atoms with van der Waals surface area (Å²) in [7, 11) is 1.54. The molecular weight excluding hydrogens is 355 g/mol. The summed E-state index contributed by atoms with van der Waals surface area (Å²) in [6.07, 6.45) is 0. The summed E-state index contributed by atoms with van der Waals surface area (Å²) >= 11 is 3.38. The maximum absolute atomic E-state index is 13.9. The van der Waals surface area contributed by atoms with E-state index >= 15 is 0 Å². The number of halogens is 2. The lowest BCUT2D eigenvalue weighted by Gasteiger charge is -2.18. The van der Waals surface area contributed by atoms with Crippen LogP contribution in [-0.4, -0.2) is 22.8 Å². The number of carbonyl (C=O) groups is 1. The first-order valence-electron chi connectivity index (χ1n) is 6.33. The molecule has 0 aliphatic rings. The van der Waals surface area contributed by atoms with Gasteiger partial charge in [0, 0.05) is 24.1 Å². The number of non-ortho nitro benzene ring substituents is 1. The molecule has 22 heavy (non-hydrogen) atoms. The molecule has 0 saturated heterocycles. The van der Waals surface area contributed by atoms with Crippen molar-refractivity contribution in [1.29, 1.82) is 0 Å². The first kappa shape index (κ1) is 16.1. The number of nitrogens with zero attached hydrogens (tertiary/aromatic N) is 2. The van der Waals surface area contributed by atoms with Crippen molar-refractivity contribution in [3.63, 3.8) is 0 Å². The maximum atomic E-state index is 13.9. The van der Waals surface area contributed by atoms with E-state index in [-0.39, 0.29) is 17.8 Å². The summed E-state index contributed by atoms with van der Waals surface area (Å²) in [6, 6.07) is 10.4. The SMILES string of the molecule is CN(Cc1ccccc1Br)C(=O)c1ccc([N+](=O)[O-])cc1F. The molecule has 0 fully saturated rings. The molecule has 7 heteroatoms. The normalized spacial score (nSPS) is 10.3. The monoisotopic (exact) mass is 366 g/mol. The Balaban J connectivity index is 2.21. The number of benzene rings is 2. The summed E-state index contributed by atoms with van der Waals surface area (Å²) in [6.45, 7) is 0.288. The van der Waals surface area contributed by atoms with Crippen molar-refractivity contribution >= 4 is 27.5 Å². The molecule has 0 saturated carbocycles. The Morgan fingerprint density at radius 3 is 2.59 bits per heavy atom. The van der Waals surface area contributed by atoms with Gasteiger partial charge in [-0.05, 0) is 17.7 Å². The fourth-order valence-corrected chi connectivity index (χ4v) is 2.36. The molecule has 5 nitrogen and oxygen atoms in total. The Labute approximate surface area is 134 Å². The number of hydrogen-bond donors (Lipinski definition) is 0. The van der Waals surface area contributed by atoms with Gasteiger partial charge in [-0.2, -0.15) is 0 Å². The lowest BCUT2D eigenvalue weighted by atomic mass is 10.1. The lowest BCUT2D eigenvalue weighted by Crippen LogP contribution is -2.27. The number of carbonyl (C=O) groups excluding carboxylic acids is 1. The van der Waals surface area contributed by atoms with Crippen LogP contribution in [0.4, 0.5) is 10.1 Å². The Morgan fingerprint density at radius 1 is 1.32 bits per heavy atom. The van der Waals surface area contributed by atoms with E-state index in [0.29, 0.717) is 0 Å². The average Bonchev–Trinajstić information content (AvgIpc) is 2.48. The quantitative estimate of drug-likeness (QED) is 0.611. The van der Waals surface area contributed by atoms with Gasteiger partial charge in [0.05, 0.1) is 16.6 Å². The second-order valence-electron chi connectivity index (χ2n) is 4.67. The number of nitro groups is 1. The number of hydrogen-bond acceptors (Lipinski definition) is 3. The summed E-state index contributed by atoms with van der Waals surface area (Å²) in [4.78, 5) is 23.5. The zero-order chi connectivity index (χ0) is 16.3. The van der Waals surface area contributed by atoms with Gasteiger partial charge in [0.1, 0.15) is 5.82 Å². The fraction of sp³-hybridized carbons (Fsp3) is 0.133. The fourth-order valence-electron chi connectivity index (χ4n) is 1.95. The molecule has 0 heterocycles. The number of amides is 1. The van der Waals surface area contributed by atoms with E-state index in [1.807, 2.05) is 24.3 Å². The van der Waals surface area contributed by atoms with E-state index in [1.165, 1.54) is 4.90 Å². The Kier molecular flexibility index (Phi) is 4.87. The van der Waals surface area contributed by atoms with Crippen LogP contribution >= 0.6 is 15.9 Å². The molecule has 0 radical (unpaired) electrons. The summed E-state index contributed by atoms with van der Waals surface area (Å²) in [5.74, 6) is -1.44. The maximum Gasteiger partial charge on any atom is 0.272 e. The first-order chi connectivity index (χ1) is 10.4. The molecule has 0 aliphatic heterocycles. The van der Waals surface area contributed by atoms with Crippen molar-refractivity contribution in [3.05, 3.63) is 74.0 Å². The molecule has 2 rings (SSSR count). The summed E-state index contributed by atoms with van der Waals surface area (Å²) in [5, 5.41) is 10.6.